The van der Waals surface area contributed by atoms with Gasteiger partial charge in [0.05, 0.1) is 17.6 Å². The molecule has 3 aliphatic heterocycles. The molecule has 5 rings (SSSR count). The third-order valence-electron chi connectivity index (χ3n) is 6.57. The van der Waals surface area contributed by atoms with E-state index in [2.05, 4.69) is 25.9 Å². The Hall–Kier alpha value is -2.90. The largest absolute Gasteiger partial charge is 0.474 e. The number of carbonyl (C=O) groups is 3. The standard InChI is InChI=1S/C26H30N6O4S3/c1-14-21-24(35)27-11-20-28-18(12-38-20)22(33)29-16(8-9-37-2)26-31-19(13-39-26)23(34)30-17(25(32-21)36-14)10-15-6-4-3-5-7-15/h3-7,12,14,16-17,19,21H,8-11,13H2,1-2H3,(H,27,35)(H,29,33)(H,30,34)/t14-,16+,17+,19+,21+/m1/s1. The zero-order valence-corrected chi connectivity index (χ0v) is 24.0. The summed E-state index contributed by atoms with van der Waals surface area (Å²) >= 11 is 4.48. The summed E-state index contributed by atoms with van der Waals surface area (Å²) in [6, 6.07) is 7.50. The van der Waals surface area contributed by atoms with Crippen molar-refractivity contribution in [2.75, 3.05) is 17.8 Å². The highest BCUT2D eigenvalue weighted by Gasteiger charge is 2.38. The fraction of sp³-hybridized carbons (Fsp3) is 0.462. The van der Waals surface area contributed by atoms with Gasteiger partial charge in [0.1, 0.15) is 28.9 Å². The van der Waals surface area contributed by atoms with Gasteiger partial charge in [-0.3, -0.25) is 19.4 Å². The van der Waals surface area contributed by atoms with E-state index in [4.69, 9.17) is 9.73 Å². The van der Waals surface area contributed by atoms with E-state index in [0.29, 0.717) is 35.2 Å². The number of nitrogens with zero attached hydrogens (tertiary/aromatic N) is 3. The molecule has 4 heterocycles. The topological polar surface area (TPSA) is 134 Å². The highest BCUT2D eigenvalue weighted by molar-refractivity contribution is 8.14. The van der Waals surface area contributed by atoms with Crippen LogP contribution in [0, 0.1) is 0 Å². The molecule has 0 unspecified atom stereocenters. The third kappa shape index (κ3) is 6.64. The lowest BCUT2D eigenvalue weighted by Crippen LogP contribution is -2.47. The van der Waals surface area contributed by atoms with Crippen LogP contribution in [0.5, 0.6) is 0 Å². The van der Waals surface area contributed by atoms with E-state index in [-0.39, 0.29) is 30.3 Å². The van der Waals surface area contributed by atoms with Crippen molar-refractivity contribution in [3.05, 3.63) is 52.0 Å². The van der Waals surface area contributed by atoms with Gasteiger partial charge in [-0.1, -0.05) is 30.3 Å². The van der Waals surface area contributed by atoms with Crippen LogP contribution in [0.15, 0.2) is 45.7 Å². The Bertz CT molecular complexity index is 1280. The van der Waals surface area contributed by atoms with Crippen LogP contribution in [0.25, 0.3) is 0 Å². The molecule has 1 aromatic carbocycles. The monoisotopic (exact) mass is 586 g/mol. The summed E-state index contributed by atoms with van der Waals surface area (Å²) < 4.78 is 6.04. The molecular formula is C26H30N6O4S3. The van der Waals surface area contributed by atoms with Gasteiger partial charge in [-0.25, -0.2) is 9.98 Å². The molecule has 6 bridgehead atoms. The van der Waals surface area contributed by atoms with Crippen molar-refractivity contribution in [3.63, 3.8) is 0 Å². The Kier molecular flexibility index (Phi) is 8.88. The maximum Gasteiger partial charge on any atom is 0.271 e. The van der Waals surface area contributed by atoms with Gasteiger partial charge in [0.2, 0.25) is 17.7 Å². The number of amides is 3. The molecule has 3 N–H and O–H groups in total. The molecule has 3 aliphatic rings. The van der Waals surface area contributed by atoms with Crippen LogP contribution < -0.4 is 16.0 Å². The van der Waals surface area contributed by atoms with Crippen molar-refractivity contribution in [2.45, 2.75) is 56.6 Å². The summed E-state index contributed by atoms with van der Waals surface area (Å²) in [4.78, 5) is 53.3. The second-order valence-corrected chi connectivity index (χ2v) is 12.4. The van der Waals surface area contributed by atoms with Gasteiger partial charge in [0.25, 0.3) is 5.91 Å². The second kappa shape index (κ2) is 12.5. The first-order valence-corrected chi connectivity index (χ1v) is 16.0. The van der Waals surface area contributed by atoms with Gasteiger partial charge in [-0.2, -0.15) is 11.8 Å². The van der Waals surface area contributed by atoms with E-state index in [1.54, 1.807) is 24.1 Å². The lowest BCUT2D eigenvalue weighted by atomic mass is 10.1. The zero-order valence-electron chi connectivity index (χ0n) is 21.6. The predicted octanol–water partition coefficient (Wildman–Crippen LogP) is 2.05. The van der Waals surface area contributed by atoms with Crippen molar-refractivity contribution in [1.29, 1.82) is 0 Å². The minimum absolute atomic E-state index is 0.176. The molecule has 206 valence electrons. The number of hydrogen-bond acceptors (Lipinski definition) is 10. The van der Waals surface area contributed by atoms with E-state index < -0.39 is 24.2 Å². The number of carbonyl (C=O) groups excluding carboxylic acids is 3. The molecule has 3 amide bonds. The molecule has 0 fully saturated rings. The first-order valence-electron chi connectivity index (χ1n) is 12.7. The number of benzene rings is 1. The van der Waals surface area contributed by atoms with Crippen LogP contribution in [-0.4, -0.2) is 81.7 Å². The molecule has 13 heteroatoms. The summed E-state index contributed by atoms with van der Waals surface area (Å²) in [5.74, 6) is 0.777. The maximum absolute atomic E-state index is 13.4. The minimum Gasteiger partial charge on any atom is -0.474 e. The minimum atomic E-state index is -0.763. The Labute approximate surface area is 239 Å². The van der Waals surface area contributed by atoms with E-state index in [1.807, 2.05) is 36.6 Å². The van der Waals surface area contributed by atoms with E-state index in [1.165, 1.54) is 23.1 Å². The smallest absolute Gasteiger partial charge is 0.271 e. The highest BCUT2D eigenvalue weighted by Crippen LogP contribution is 2.24. The molecule has 1 aromatic heterocycles. The van der Waals surface area contributed by atoms with Crippen molar-refractivity contribution in [1.82, 2.24) is 20.9 Å². The van der Waals surface area contributed by atoms with E-state index >= 15 is 0 Å². The average Bonchev–Trinajstić information content (AvgIpc) is 3.69. The maximum atomic E-state index is 13.4. The van der Waals surface area contributed by atoms with Gasteiger partial charge in [-0.05, 0) is 30.9 Å². The summed E-state index contributed by atoms with van der Waals surface area (Å²) in [7, 11) is 0. The molecule has 0 aliphatic carbocycles. The first kappa shape index (κ1) is 27.7. The highest BCUT2D eigenvalue weighted by atomic mass is 32.2. The zero-order chi connectivity index (χ0) is 27.4. The molecular weight excluding hydrogens is 557 g/mol. The van der Waals surface area contributed by atoms with Crippen LogP contribution in [-0.2, 0) is 27.3 Å². The Morgan fingerprint density at radius 3 is 2.69 bits per heavy atom. The van der Waals surface area contributed by atoms with Crippen LogP contribution in [0.1, 0.15) is 34.4 Å². The summed E-state index contributed by atoms with van der Waals surface area (Å²) in [6.07, 6.45) is 2.65. The van der Waals surface area contributed by atoms with Gasteiger partial charge < -0.3 is 20.7 Å². The molecule has 2 aromatic rings. The number of aromatic nitrogens is 1. The third-order valence-corrected chi connectivity index (χ3v) is 9.23. The number of hydrogen-bond donors (Lipinski definition) is 3. The molecule has 0 radical (unpaired) electrons. The van der Waals surface area contributed by atoms with Crippen molar-refractivity contribution >= 4 is 63.5 Å². The first-order chi connectivity index (χ1) is 18.9. The van der Waals surface area contributed by atoms with E-state index in [9.17, 15) is 14.4 Å². The molecule has 0 saturated carbocycles. The van der Waals surface area contributed by atoms with Crippen LogP contribution in [0.2, 0.25) is 0 Å². The summed E-state index contributed by atoms with van der Waals surface area (Å²) in [6.45, 7) is 1.96. The molecule has 5 atom stereocenters. The van der Waals surface area contributed by atoms with Crippen molar-refractivity contribution in [3.8, 4) is 0 Å². The summed E-state index contributed by atoms with van der Waals surface area (Å²) in [5, 5.41) is 12.0. The SMILES string of the molecule is CSCC[C@@H]1NC(=O)c2csc(n2)CNC(=O)[C@H]2N=C(O[C@@H]2C)[C@H](Cc2ccccc2)NC(=O)[C@@H]2CSC1=N2. The molecule has 0 saturated heterocycles. The molecule has 39 heavy (non-hydrogen) atoms. The van der Waals surface area contributed by atoms with Crippen LogP contribution in [0.3, 0.4) is 0 Å². The lowest BCUT2D eigenvalue weighted by molar-refractivity contribution is -0.124. The normalized spacial score (nSPS) is 27.3. The Morgan fingerprint density at radius 1 is 1.08 bits per heavy atom. The van der Waals surface area contributed by atoms with Gasteiger partial charge in [0, 0.05) is 17.6 Å². The van der Waals surface area contributed by atoms with Crippen LogP contribution >= 0.6 is 34.9 Å². The molecule has 0 spiro atoms. The number of thioether (sulfide) groups is 2. The predicted molar refractivity (Wildman–Crippen MR) is 156 cm³/mol. The number of thiazole rings is 1. The van der Waals surface area contributed by atoms with Crippen molar-refractivity contribution < 1.29 is 19.1 Å². The number of aliphatic imine (C=N–C) groups is 2. The fourth-order valence-corrected chi connectivity index (χ4v) is 6.81. The lowest BCUT2D eigenvalue weighted by Gasteiger charge is -2.21. The summed E-state index contributed by atoms with van der Waals surface area (Å²) in [5.41, 5.74) is 1.29. The Morgan fingerprint density at radius 2 is 1.90 bits per heavy atom. The number of ether oxygens (including phenoxy) is 1. The van der Waals surface area contributed by atoms with Crippen molar-refractivity contribution in [2.24, 2.45) is 9.98 Å². The van der Waals surface area contributed by atoms with E-state index in [0.717, 1.165) is 16.4 Å². The average molecular weight is 587 g/mol. The van der Waals surface area contributed by atoms with Gasteiger partial charge in [0.15, 0.2) is 6.04 Å². The van der Waals surface area contributed by atoms with Gasteiger partial charge >= 0.3 is 0 Å². The molecule has 10 nitrogen and oxygen atoms in total. The number of fused-ring (bicyclic) bond motifs is 4. The number of nitrogens with one attached hydrogen (secondary N) is 3. The fourth-order valence-electron chi connectivity index (χ4n) is 4.50. The Balaban J connectivity index is 1.46. The number of rotatable bonds is 5. The van der Waals surface area contributed by atoms with Crippen LogP contribution in [0.4, 0.5) is 0 Å². The second-order valence-electron chi connectivity index (χ2n) is 9.43. The quantitative estimate of drug-likeness (QED) is 0.488. The van der Waals surface area contributed by atoms with Gasteiger partial charge in [-0.15, -0.1) is 23.1 Å².